The van der Waals surface area contributed by atoms with E-state index >= 15 is 0 Å². The van der Waals surface area contributed by atoms with Gasteiger partial charge in [0.25, 0.3) is 11.8 Å². The Balaban J connectivity index is 1.51. The van der Waals surface area contributed by atoms with Gasteiger partial charge < -0.3 is 14.9 Å². The van der Waals surface area contributed by atoms with Gasteiger partial charge in [0.05, 0.1) is 19.6 Å². The van der Waals surface area contributed by atoms with Gasteiger partial charge in [-0.3, -0.25) is 28.9 Å². The van der Waals surface area contributed by atoms with E-state index < -0.39 is 17.8 Å². The average molecular weight is 397 g/mol. The van der Waals surface area contributed by atoms with E-state index in [0.717, 1.165) is 4.90 Å². The van der Waals surface area contributed by atoms with Gasteiger partial charge in [0, 0.05) is 44.7 Å². The first-order valence-corrected chi connectivity index (χ1v) is 9.05. The van der Waals surface area contributed by atoms with Gasteiger partial charge in [-0.05, 0) is 0 Å². The van der Waals surface area contributed by atoms with Crippen LogP contribution in [0.3, 0.4) is 0 Å². The fourth-order valence-electron chi connectivity index (χ4n) is 2.71. The Bertz CT molecular complexity index is 661. The first-order chi connectivity index (χ1) is 13.3. The van der Waals surface area contributed by atoms with Crippen LogP contribution in [0.25, 0.3) is 0 Å². The summed E-state index contributed by atoms with van der Waals surface area (Å²) in [6.07, 6.45) is 0.0937. The lowest BCUT2D eigenvalue weighted by molar-refractivity contribution is -0.198. The van der Waals surface area contributed by atoms with Gasteiger partial charge in [-0.2, -0.15) is 0 Å². The summed E-state index contributed by atoms with van der Waals surface area (Å²) >= 11 is 0. The highest BCUT2D eigenvalue weighted by atomic mass is 16.7. The molecule has 0 unspecified atom stereocenters. The monoisotopic (exact) mass is 397 g/mol. The van der Waals surface area contributed by atoms with Gasteiger partial charge in [0.15, 0.2) is 0 Å². The molecule has 2 saturated heterocycles. The molecule has 0 spiro atoms. The van der Waals surface area contributed by atoms with Gasteiger partial charge in [-0.15, -0.1) is 5.06 Å². The maximum absolute atomic E-state index is 11.7. The van der Waals surface area contributed by atoms with Crippen LogP contribution in [0.5, 0.6) is 0 Å². The first-order valence-electron chi connectivity index (χ1n) is 9.05. The first kappa shape index (κ1) is 21.5. The number of hydrogen-bond donors (Lipinski definition) is 1. The summed E-state index contributed by atoms with van der Waals surface area (Å²) in [6, 6.07) is 0. The molecule has 2 rings (SSSR count). The summed E-state index contributed by atoms with van der Waals surface area (Å²) in [4.78, 5) is 75.0. The molecule has 2 aliphatic rings. The molecular formula is C17H23N3O8. The maximum Gasteiger partial charge on any atom is 0.335 e. The zero-order chi connectivity index (χ0) is 20.7. The van der Waals surface area contributed by atoms with Crippen LogP contribution in [0.15, 0.2) is 0 Å². The lowest BCUT2D eigenvalue weighted by Crippen LogP contribution is -2.35. The van der Waals surface area contributed by atoms with Gasteiger partial charge >= 0.3 is 5.97 Å². The predicted octanol–water partition coefficient (Wildman–Crippen LogP) is -1.10. The van der Waals surface area contributed by atoms with Crippen molar-refractivity contribution in [2.75, 3.05) is 26.3 Å². The van der Waals surface area contributed by atoms with Crippen LogP contribution in [0.2, 0.25) is 0 Å². The van der Waals surface area contributed by atoms with Crippen LogP contribution < -0.4 is 5.32 Å². The number of rotatable bonds is 10. The lowest BCUT2D eigenvalue weighted by Gasteiger charge is -2.14. The van der Waals surface area contributed by atoms with Crippen molar-refractivity contribution in [3.8, 4) is 0 Å². The molecule has 0 aromatic rings. The van der Waals surface area contributed by atoms with Crippen LogP contribution in [0, 0.1) is 5.92 Å². The quantitative estimate of drug-likeness (QED) is 0.362. The fraction of sp³-hybridized carbons (Fsp3) is 0.647. The maximum atomic E-state index is 11.7. The summed E-state index contributed by atoms with van der Waals surface area (Å²) in [7, 11) is 0. The summed E-state index contributed by atoms with van der Waals surface area (Å²) in [5.74, 6) is -3.04. The highest BCUT2D eigenvalue weighted by molar-refractivity contribution is 6.03. The Morgan fingerprint density at radius 2 is 1.71 bits per heavy atom. The Kier molecular flexibility index (Phi) is 7.61. The summed E-state index contributed by atoms with van der Waals surface area (Å²) in [5, 5.41) is 3.05. The van der Waals surface area contributed by atoms with Crippen LogP contribution in [0.4, 0.5) is 0 Å². The zero-order valence-corrected chi connectivity index (χ0v) is 15.6. The van der Waals surface area contributed by atoms with E-state index in [1.165, 1.54) is 0 Å². The van der Waals surface area contributed by atoms with Crippen molar-refractivity contribution >= 4 is 35.5 Å². The van der Waals surface area contributed by atoms with Crippen molar-refractivity contribution in [3.63, 3.8) is 0 Å². The van der Waals surface area contributed by atoms with E-state index in [-0.39, 0.29) is 82.0 Å². The van der Waals surface area contributed by atoms with E-state index in [9.17, 15) is 28.8 Å². The van der Waals surface area contributed by atoms with Crippen molar-refractivity contribution in [1.29, 1.82) is 0 Å². The molecule has 2 fully saturated rings. The van der Waals surface area contributed by atoms with Crippen molar-refractivity contribution in [1.82, 2.24) is 15.3 Å². The van der Waals surface area contributed by atoms with E-state index in [4.69, 9.17) is 4.74 Å². The number of carbonyl (C=O) groups is 6. The second-order valence-corrected chi connectivity index (χ2v) is 6.50. The molecule has 0 bridgehead atoms. The number of hydrogen-bond acceptors (Lipinski definition) is 8. The molecule has 11 nitrogen and oxygen atoms in total. The second-order valence-electron chi connectivity index (χ2n) is 6.50. The molecule has 154 valence electrons. The molecule has 2 heterocycles. The third-order valence-corrected chi connectivity index (χ3v) is 4.25. The fourth-order valence-corrected chi connectivity index (χ4v) is 2.71. The van der Waals surface area contributed by atoms with Crippen molar-refractivity contribution in [2.45, 2.75) is 39.0 Å². The molecular weight excluding hydrogens is 374 g/mol. The molecule has 1 atom stereocenters. The number of nitrogens with one attached hydrogen (secondary N) is 1. The van der Waals surface area contributed by atoms with Gasteiger partial charge in [0.1, 0.15) is 0 Å². The minimum atomic E-state index is -0.762. The van der Waals surface area contributed by atoms with Crippen LogP contribution in [-0.4, -0.2) is 71.8 Å². The van der Waals surface area contributed by atoms with Crippen molar-refractivity contribution < 1.29 is 38.3 Å². The van der Waals surface area contributed by atoms with Gasteiger partial charge in [-0.1, -0.05) is 6.92 Å². The highest BCUT2D eigenvalue weighted by Gasteiger charge is 2.35. The van der Waals surface area contributed by atoms with E-state index in [1.54, 1.807) is 6.92 Å². The molecule has 28 heavy (non-hydrogen) atoms. The van der Waals surface area contributed by atoms with Crippen LogP contribution >= 0.6 is 0 Å². The third-order valence-electron chi connectivity index (χ3n) is 4.25. The number of hydroxylamine groups is 2. The molecule has 0 radical (unpaired) electrons. The number of imide groups is 2. The number of amides is 5. The lowest BCUT2D eigenvalue weighted by atomic mass is 10.1. The smallest absolute Gasteiger partial charge is 0.335 e. The summed E-state index contributed by atoms with van der Waals surface area (Å²) in [6.45, 7) is 2.05. The van der Waals surface area contributed by atoms with E-state index in [1.807, 2.05) is 0 Å². The Morgan fingerprint density at radius 1 is 1.04 bits per heavy atom. The zero-order valence-electron chi connectivity index (χ0n) is 15.6. The Labute approximate surface area is 161 Å². The second kappa shape index (κ2) is 9.93. The molecule has 11 heteroatoms. The molecule has 1 N–H and O–H groups in total. The van der Waals surface area contributed by atoms with Crippen molar-refractivity contribution in [2.24, 2.45) is 5.92 Å². The minimum Gasteiger partial charge on any atom is -0.379 e. The largest absolute Gasteiger partial charge is 0.379 e. The third kappa shape index (κ3) is 5.84. The molecule has 0 aromatic carbocycles. The SMILES string of the molecule is C[C@@H]1CC(=O)N(CCC(=O)NCCOCCC(=O)ON2C(=O)CCC2=O)C1=O. The summed E-state index contributed by atoms with van der Waals surface area (Å²) in [5.41, 5.74) is 0. The van der Waals surface area contributed by atoms with Gasteiger partial charge in [0.2, 0.25) is 17.7 Å². The Morgan fingerprint density at radius 3 is 2.32 bits per heavy atom. The predicted molar refractivity (Wildman–Crippen MR) is 90.7 cm³/mol. The highest BCUT2D eigenvalue weighted by Crippen LogP contribution is 2.18. The van der Waals surface area contributed by atoms with Gasteiger partial charge in [-0.25, -0.2) is 4.79 Å². The molecule has 2 aliphatic heterocycles. The molecule has 0 aromatic heterocycles. The topological polar surface area (TPSA) is 139 Å². The normalized spacial score (nSPS) is 19.5. The number of likely N-dealkylation sites (tertiary alicyclic amines) is 1. The van der Waals surface area contributed by atoms with Crippen LogP contribution in [-0.2, 0) is 38.3 Å². The number of carbonyl (C=O) groups excluding carboxylic acids is 6. The van der Waals surface area contributed by atoms with Crippen molar-refractivity contribution in [3.05, 3.63) is 0 Å². The van der Waals surface area contributed by atoms with E-state index in [0.29, 0.717) is 5.06 Å². The average Bonchev–Trinajstić information content (AvgIpc) is 3.08. The minimum absolute atomic E-state index is 0.000402. The summed E-state index contributed by atoms with van der Waals surface area (Å²) < 4.78 is 5.18. The number of ether oxygens (including phenoxy) is 1. The molecule has 0 saturated carbocycles. The standard InChI is InChI=1S/C17H23N3O8/c1-11-10-15(24)19(17(11)26)7-4-12(21)18-6-9-27-8-5-16(25)28-20-13(22)2-3-14(20)23/h11H,2-10H2,1H3,(H,18,21)/t11-/m1/s1. The number of nitrogens with zero attached hydrogens (tertiary/aromatic N) is 2. The van der Waals surface area contributed by atoms with E-state index in [2.05, 4.69) is 10.2 Å². The molecule has 5 amide bonds. The molecule has 0 aliphatic carbocycles. The van der Waals surface area contributed by atoms with Crippen LogP contribution in [0.1, 0.15) is 39.0 Å². The Hall–Kier alpha value is -2.82.